The monoisotopic (exact) mass is 322 g/mol. The van der Waals surface area contributed by atoms with E-state index >= 15 is 0 Å². The first-order chi connectivity index (χ1) is 9.93. The zero-order valence-electron chi connectivity index (χ0n) is 12.9. The Balaban J connectivity index is 2.13. The van der Waals surface area contributed by atoms with Crippen molar-refractivity contribution in [3.8, 4) is 11.8 Å². The van der Waals surface area contributed by atoms with Crippen LogP contribution in [0.15, 0.2) is 6.07 Å². The van der Waals surface area contributed by atoms with Crippen molar-refractivity contribution in [1.82, 2.24) is 4.90 Å². The molecule has 114 valence electrons. The molecule has 5 heteroatoms. The number of thiophene rings is 1. The van der Waals surface area contributed by atoms with E-state index < -0.39 is 0 Å². The Morgan fingerprint density at radius 2 is 2.24 bits per heavy atom. The highest BCUT2D eigenvalue weighted by Crippen LogP contribution is 2.31. The van der Waals surface area contributed by atoms with Crippen molar-refractivity contribution < 1.29 is 4.79 Å². The average Bonchev–Trinajstić information content (AvgIpc) is 2.70. The molecule has 0 aliphatic carbocycles. The summed E-state index contributed by atoms with van der Waals surface area (Å²) >= 11 is 3.43. The Morgan fingerprint density at radius 3 is 2.95 bits per heavy atom. The van der Waals surface area contributed by atoms with Gasteiger partial charge in [0.25, 0.3) is 5.91 Å². The fraction of sp³-hybridized carbons (Fsp3) is 0.562. The quantitative estimate of drug-likeness (QED) is 0.809. The van der Waals surface area contributed by atoms with Crippen molar-refractivity contribution in [3.05, 3.63) is 21.4 Å². The van der Waals surface area contributed by atoms with Crippen molar-refractivity contribution in [2.45, 2.75) is 31.9 Å². The summed E-state index contributed by atoms with van der Waals surface area (Å²) in [6, 6.07) is 1.96. The van der Waals surface area contributed by atoms with E-state index in [1.165, 1.54) is 11.3 Å². The molecule has 1 aromatic rings. The number of carbonyl (C=O) groups excluding carboxylic acids is 1. The Labute approximate surface area is 135 Å². The van der Waals surface area contributed by atoms with Gasteiger partial charge in [0.2, 0.25) is 0 Å². The molecule has 3 nitrogen and oxygen atoms in total. The maximum atomic E-state index is 12.7. The van der Waals surface area contributed by atoms with Crippen molar-refractivity contribution in [1.29, 1.82) is 0 Å². The summed E-state index contributed by atoms with van der Waals surface area (Å²) in [5.41, 5.74) is 6.47. The van der Waals surface area contributed by atoms with Gasteiger partial charge in [-0.05, 0) is 25.0 Å². The highest BCUT2D eigenvalue weighted by Gasteiger charge is 2.27. The van der Waals surface area contributed by atoms with Gasteiger partial charge in [-0.25, -0.2) is 0 Å². The van der Waals surface area contributed by atoms with Gasteiger partial charge in [-0.3, -0.25) is 4.79 Å². The van der Waals surface area contributed by atoms with Gasteiger partial charge >= 0.3 is 0 Å². The molecule has 0 unspecified atom stereocenters. The summed E-state index contributed by atoms with van der Waals surface area (Å²) in [5.74, 6) is 7.05. The third-order valence-electron chi connectivity index (χ3n) is 3.56. The van der Waals surface area contributed by atoms with Crippen LogP contribution in [0.25, 0.3) is 0 Å². The molecule has 21 heavy (non-hydrogen) atoms. The van der Waals surface area contributed by atoms with Crippen LogP contribution in [0.3, 0.4) is 0 Å². The minimum atomic E-state index is 0.141. The van der Waals surface area contributed by atoms with E-state index in [1.807, 2.05) is 29.7 Å². The molecule has 0 aromatic carbocycles. The van der Waals surface area contributed by atoms with Crippen molar-refractivity contribution in [2.75, 3.05) is 25.4 Å². The normalized spacial score (nSPS) is 17.8. The van der Waals surface area contributed by atoms with E-state index in [-0.39, 0.29) is 10.7 Å². The number of nitrogens with zero attached hydrogens (tertiary/aromatic N) is 1. The fourth-order valence-corrected chi connectivity index (χ4v) is 4.34. The Kier molecular flexibility index (Phi) is 5.37. The molecule has 2 N–H and O–H groups in total. The maximum absolute atomic E-state index is 12.7. The molecular formula is C16H22N2OS2. The summed E-state index contributed by atoms with van der Waals surface area (Å²) in [6.07, 6.45) is 1.04. The van der Waals surface area contributed by atoms with Gasteiger partial charge in [0.05, 0.1) is 16.3 Å². The standard InChI is InChI=1S/C16H22N2OS2/c1-12-11-14(21-13(12)5-4-7-17)15(19)18-8-6-16(2,3)20-10-9-18/h11H,6-10,17H2,1-3H3. The molecule has 0 bridgehead atoms. The van der Waals surface area contributed by atoms with Gasteiger partial charge in [-0.15, -0.1) is 11.3 Å². The van der Waals surface area contributed by atoms with E-state index in [9.17, 15) is 4.79 Å². The maximum Gasteiger partial charge on any atom is 0.264 e. The second-order valence-corrected chi connectivity index (χ2v) is 8.63. The Morgan fingerprint density at radius 1 is 1.48 bits per heavy atom. The van der Waals surface area contributed by atoms with Gasteiger partial charge in [0, 0.05) is 23.6 Å². The number of thioether (sulfide) groups is 1. The summed E-state index contributed by atoms with van der Waals surface area (Å²) in [7, 11) is 0. The summed E-state index contributed by atoms with van der Waals surface area (Å²) in [5, 5.41) is 0. The zero-order valence-corrected chi connectivity index (χ0v) is 14.5. The molecule has 1 saturated heterocycles. The molecular weight excluding hydrogens is 300 g/mol. The molecule has 0 saturated carbocycles. The predicted octanol–water partition coefficient (Wildman–Crippen LogP) is 2.72. The molecule has 0 atom stereocenters. The number of nitrogens with two attached hydrogens (primary N) is 1. The van der Waals surface area contributed by atoms with Crippen molar-refractivity contribution in [2.24, 2.45) is 5.73 Å². The summed E-state index contributed by atoms with van der Waals surface area (Å²) in [6.45, 7) is 8.50. The second-order valence-electron chi connectivity index (χ2n) is 5.78. The Bertz CT molecular complexity index is 581. The fourth-order valence-electron chi connectivity index (χ4n) is 2.22. The number of hydrogen-bond donors (Lipinski definition) is 1. The van der Waals surface area contributed by atoms with Crippen LogP contribution in [0.4, 0.5) is 0 Å². The zero-order chi connectivity index (χ0) is 15.5. The third-order valence-corrected chi connectivity index (χ3v) is 6.07. The minimum absolute atomic E-state index is 0.141. The topological polar surface area (TPSA) is 46.3 Å². The van der Waals surface area contributed by atoms with Crippen LogP contribution in [0.1, 0.15) is 40.4 Å². The highest BCUT2D eigenvalue weighted by atomic mass is 32.2. The number of rotatable bonds is 1. The second kappa shape index (κ2) is 6.87. The van der Waals surface area contributed by atoms with Crippen LogP contribution >= 0.6 is 23.1 Å². The summed E-state index contributed by atoms with van der Waals surface area (Å²) in [4.78, 5) is 16.4. The Hall–Kier alpha value is -0.960. The summed E-state index contributed by atoms with van der Waals surface area (Å²) < 4.78 is 0.262. The van der Waals surface area contributed by atoms with Gasteiger partial charge in [-0.2, -0.15) is 11.8 Å². The molecule has 1 aliphatic heterocycles. The van der Waals surface area contributed by atoms with E-state index in [2.05, 4.69) is 25.7 Å². The largest absolute Gasteiger partial charge is 0.337 e. The molecule has 0 radical (unpaired) electrons. The highest BCUT2D eigenvalue weighted by molar-refractivity contribution is 8.00. The van der Waals surface area contributed by atoms with Crippen LogP contribution in [-0.2, 0) is 0 Å². The van der Waals surface area contributed by atoms with Crippen molar-refractivity contribution >= 4 is 29.0 Å². The smallest absolute Gasteiger partial charge is 0.264 e. The molecule has 0 spiro atoms. The minimum Gasteiger partial charge on any atom is -0.337 e. The van der Waals surface area contributed by atoms with E-state index in [0.717, 1.165) is 40.6 Å². The number of amides is 1. The molecule has 1 aromatic heterocycles. The van der Waals surface area contributed by atoms with Gasteiger partial charge in [0.1, 0.15) is 0 Å². The average molecular weight is 322 g/mol. The lowest BCUT2D eigenvalue weighted by Crippen LogP contribution is -2.33. The van der Waals surface area contributed by atoms with Gasteiger partial charge in [-0.1, -0.05) is 25.7 Å². The van der Waals surface area contributed by atoms with E-state index in [4.69, 9.17) is 5.73 Å². The van der Waals surface area contributed by atoms with Crippen LogP contribution < -0.4 is 5.73 Å². The third kappa shape index (κ3) is 4.26. The first-order valence-corrected chi connectivity index (χ1v) is 8.96. The van der Waals surface area contributed by atoms with Gasteiger partial charge < -0.3 is 10.6 Å². The lowest BCUT2D eigenvalue weighted by Gasteiger charge is -2.22. The molecule has 2 heterocycles. The number of aryl methyl sites for hydroxylation is 1. The first kappa shape index (κ1) is 16.4. The number of hydrogen-bond acceptors (Lipinski definition) is 4. The molecule has 1 fully saturated rings. The van der Waals surface area contributed by atoms with E-state index in [0.29, 0.717) is 6.54 Å². The van der Waals surface area contributed by atoms with Crippen LogP contribution in [0, 0.1) is 18.8 Å². The van der Waals surface area contributed by atoms with E-state index in [1.54, 1.807) is 0 Å². The van der Waals surface area contributed by atoms with Crippen LogP contribution in [0.5, 0.6) is 0 Å². The SMILES string of the molecule is Cc1cc(C(=O)N2CCSC(C)(C)CC2)sc1C#CCN. The van der Waals surface area contributed by atoms with Crippen molar-refractivity contribution in [3.63, 3.8) is 0 Å². The first-order valence-electron chi connectivity index (χ1n) is 7.15. The molecule has 1 amide bonds. The molecule has 1 aliphatic rings. The van der Waals surface area contributed by atoms with Crippen LogP contribution in [0.2, 0.25) is 0 Å². The van der Waals surface area contributed by atoms with Crippen LogP contribution in [-0.4, -0.2) is 40.9 Å². The predicted molar refractivity (Wildman–Crippen MR) is 92.0 cm³/mol. The number of carbonyl (C=O) groups is 1. The molecule has 2 rings (SSSR count). The lowest BCUT2D eigenvalue weighted by molar-refractivity contribution is 0.0769. The van der Waals surface area contributed by atoms with Gasteiger partial charge in [0.15, 0.2) is 0 Å². The lowest BCUT2D eigenvalue weighted by atomic mass is 10.1.